The smallest absolute Gasteiger partial charge is 0.247 e. The second-order valence-corrected chi connectivity index (χ2v) is 7.89. The van der Waals surface area contributed by atoms with Gasteiger partial charge in [0.25, 0.3) is 0 Å². The Balaban J connectivity index is 1.96. The van der Waals surface area contributed by atoms with E-state index in [1.54, 1.807) is 23.2 Å². The maximum absolute atomic E-state index is 14.3. The van der Waals surface area contributed by atoms with Gasteiger partial charge in [-0.1, -0.05) is 13.8 Å². The summed E-state index contributed by atoms with van der Waals surface area (Å²) < 4.78 is 33.1. The Morgan fingerprint density at radius 3 is 2.79 bits per heavy atom. The van der Waals surface area contributed by atoms with Crippen molar-refractivity contribution in [3.8, 4) is 5.75 Å². The molecule has 1 aromatic heterocycles. The largest absolute Gasteiger partial charge is 0.491 e. The number of nitrogens with two attached hydrogens (primary N) is 1. The van der Waals surface area contributed by atoms with Crippen molar-refractivity contribution in [1.29, 1.82) is 0 Å². The lowest BCUT2D eigenvalue weighted by atomic mass is 9.88. The van der Waals surface area contributed by atoms with Crippen LogP contribution in [0, 0.1) is 23.5 Å². The number of methoxy groups -OCH3 is 1. The summed E-state index contributed by atoms with van der Waals surface area (Å²) in [6.07, 6.45) is 2.31. The molecule has 6 nitrogen and oxygen atoms in total. The van der Waals surface area contributed by atoms with Gasteiger partial charge in [-0.15, -0.1) is 0 Å². The first-order valence-electron chi connectivity index (χ1n) is 9.29. The number of hydrogen-bond donors (Lipinski definition) is 2. The van der Waals surface area contributed by atoms with Crippen molar-refractivity contribution in [2.24, 2.45) is 17.0 Å². The third-order valence-electron chi connectivity index (χ3n) is 5.24. The van der Waals surface area contributed by atoms with Gasteiger partial charge < -0.3 is 15.0 Å². The number of hydrogen-bond acceptors (Lipinski definition) is 6. The van der Waals surface area contributed by atoms with Crippen molar-refractivity contribution in [2.75, 3.05) is 23.9 Å². The molecule has 0 radical (unpaired) electrons. The fourth-order valence-corrected chi connectivity index (χ4v) is 4.15. The minimum Gasteiger partial charge on any atom is -0.491 e. The highest BCUT2D eigenvalue weighted by molar-refractivity contribution is 7.97. The summed E-state index contributed by atoms with van der Waals surface area (Å²) in [5.74, 6) is -2.21. The zero-order valence-electron chi connectivity index (χ0n) is 16.5. The van der Waals surface area contributed by atoms with Gasteiger partial charge in [0.15, 0.2) is 11.6 Å². The Kier molecular flexibility index (Phi) is 6.59. The van der Waals surface area contributed by atoms with Crippen molar-refractivity contribution in [1.82, 2.24) is 4.98 Å². The average Bonchev–Trinajstić information content (AvgIpc) is 3.15. The molecule has 1 aliphatic rings. The van der Waals surface area contributed by atoms with E-state index in [-0.39, 0.29) is 23.5 Å². The molecule has 2 aromatic rings. The number of anilines is 2. The van der Waals surface area contributed by atoms with Crippen LogP contribution >= 0.6 is 11.9 Å². The van der Waals surface area contributed by atoms with E-state index < -0.39 is 17.7 Å². The fraction of sp³-hybridized carbons (Fsp3) is 0.400. The lowest BCUT2D eigenvalue weighted by molar-refractivity contribution is -0.118. The van der Waals surface area contributed by atoms with Crippen molar-refractivity contribution in [2.45, 2.75) is 31.3 Å². The van der Waals surface area contributed by atoms with Crippen LogP contribution in [0.25, 0.3) is 0 Å². The number of nitrogens with one attached hydrogen (secondary N) is 1. The zero-order chi connectivity index (χ0) is 21.1. The molecule has 0 saturated carbocycles. The molecule has 2 atom stereocenters. The molecule has 0 spiro atoms. The Hall–Kier alpha value is -2.39. The number of carbonyl (C=O) groups excluding carboxylic acids is 1. The standard InChI is InChI=1S/C20H24F2N4O2S/c1-11(2)13-7-9-26(15-5-4-14(21)17(22)19(15)28-3)18(13)20(27)25-12-6-8-24-16(10-12)29-23/h4-6,8,10-11,13,18H,7,9,23H2,1-3H3,(H,24,25,27). The fourth-order valence-electron chi connectivity index (χ4n) is 3.83. The molecular formula is C20H24F2N4O2S. The number of ether oxygens (including phenoxy) is 1. The van der Waals surface area contributed by atoms with Crippen LogP contribution in [0.5, 0.6) is 5.75 Å². The quantitative estimate of drug-likeness (QED) is 0.689. The summed E-state index contributed by atoms with van der Waals surface area (Å²) >= 11 is 0.986. The molecule has 156 valence electrons. The van der Waals surface area contributed by atoms with E-state index in [2.05, 4.69) is 10.3 Å². The molecule has 9 heteroatoms. The topological polar surface area (TPSA) is 80.5 Å². The minimum absolute atomic E-state index is 0.0398. The zero-order valence-corrected chi connectivity index (χ0v) is 17.3. The lowest BCUT2D eigenvalue weighted by Gasteiger charge is -2.31. The molecule has 1 fully saturated rings. The maximum atomic E-state index is 14.3. The van der Waals surface area contributed by atoms with Crippen LogP contribution in [0.4, 0.5) is 20.2 Å². The number of carbonyl (C=O) groups is 1. The predicted molar refractivity (Wildman–Crippen MR) is 110 cm³/mol. The molecule has 1 amide bonds. The van der Waals surface area contributed by atoms with Gasteiger partial charge in [-0.25, -0.2) is 9.37 Å². The summed E-state index contributed by atoms with van der Waals surface area (Å²) in [7, 11) is 1.29. The van der Waals surface area contributed by atoms with Gasteiger partial charge in [-0.3, -0.25) is 9.93 Å². The van der Waals surface area contributed by atoms with Gasteiger partial charge in [0.05, 0.1) is 12.8 Å². The monoisotopic (exact) mass is 422 g/mol. The Labute approximate surface area is 173 Å². The first-order chi connectivity index (χ1) is 13.9. The van der Waals surface area contributed by atoms with Gasteiger partial charge in [0.2, 0.25) is 11.7 Å². The third-order valence-corrected chi connectivity index (χ3v) is 5.70. The van der Waals surface area contributed by atoms with E-state index in [1.807, 2.05) is 13.8 Å². The lowest BCUT2D eigenvalue weighted by Crippen LogP contribution is -2.44. The highest BCUT2D eigenvalue weighted by atomic mass is 32.2. The first-order valence-corrected chi connectivity index (χ1v) is 10.2. The number of benzene rings is 1. The number of pyridine rings is 1. The number of halogens is 2. The van der Waals surface area contributed by atoms with E-state index in [0.29, 0.717) is 22.9 Å². The van der Waals surface area contributed by atoms with E-state index in [0.717, 1.165) is 24.4 Å². The number of amides is 1. The van der Waals surface area contributed by atoms with Crippen LogP contribution < -0.4 is 20.1 Å². The molecule has 3 rings (SSSR count). The van der Waals surface area contributed by atoms with Gasteiger partial charge in [0, 0.05) is 18.4 Å². The summed E-state index contributed by atoms with van der Waals surface area (Å²) in [6, 6.07) is 5.31. The molecule has 1 aliphatic heterocycles. The summed E-state index contributed by atoms with van der Waals surface area (Å²) in [5.41, 5.74) is 0.937. The molecule has 1 aromatic carbocycles. The van der Waals surface area contributed by atoms with E-state index in [4.69, 9.17) is 9.88 Å². The van der Waals surface area contributed by atoms with E-state index >= 15 is 0 Å². The number of nitrogens with zero attached hydrogens (tertiary/aromatic N) is 2. The van der Waals surface area contributed by atoms with E-state index in [9.17, 15) is 13.6 Å². The maximum Gasteiger partial charge on any atom is 0.247 e. The van der Waals surface area contributed by atoms with Crippen LogP contribution in [-0.4, -0.2) is 30.6 Å². The summed E-state index contributed by atoms with van der Waals surface area (Å²) in [6.45, 7) is 4.63. The normalized spacial score (nSPS) is 18.9. The van der Waals surface area contributed by atoms with Gasteiger partial charge in [-0.2, -0.15) is 4.39 Å². The van der Waals surface area contributed by atoms with E-state index in [1.165, 1.54) is 13.2 Å². The SMILES string of the molecule is COc1c(N2CCC(C(C)C)C2C(=O)Nc2ccnc(SN)c2)ccc(F)c1F. The molecule has 0 aliphatic carbocycles. The second kappa shape index (κ2) is 8.96. The third kappa shape index (κ3) is 4.30. The predicted octanol–water partition coefficient (Wildman–Crippen LogP) is 3.82. The Bertz CT molecular complexity index is 897. The highest BCUT2D eigenvalue weighted by Gasteiger charge is 2.42. The van der Waals surface area contributed by atoms with Crippen LogP contribution in [0.3, 0.4) is 0 Å². The Morgan fingerprint density at radius 1 is 1.38 bits per heavy atom. The molecule has 1 saturated heterocycles. The number of rotatable bonds is 6. The Morgan fingerprint density at radius 2 is 2.14 bits per heavy atom. The van der Waals surface area contributed by atoms with Crippen molar-refractivity contribution in [3.05, 3.63) is 42.1 Å². The van der Waals surface area contributed by atoms with Gasteiger partial charge in [0.1, 0.15) is 11.1 Å². The van der Waals surface area contributed by atoms with Crippen molar-refractivity contribution in [3.63, 3.8) is 0 Å². The van der Waals surface area contributed by atoms with Crippen LogP contribution in [0.1, 0.15) is 20.3 Å². The van der Waals surface area contributed by atoms with Crippen molar-refractivity contribution < 1.29 is 18.3 Å². The van der Waals surface area contributed by atoms with Gasteiger partial charge >= 0.3 is 0 Å². The molecular weight excluding hydrogens is 398 g/mol. The summed E-state index contributed by atoms with van der Waals surface area (Å²) in [4.78, 5) is 19.1. The molecule has 2 unspecified atom stereocenters. The number of aromatic nitrogens is 1. The summed E-state index contributed by atoms with van der Waals surface area (Å²) in [5, 5.41) is 9.03. The van der Waals surface area contributed by atoms with Crippen LogP contribution in [0.2, 0.25) is 0 Å². The van der Waals surface area contributed by atoms with Crippen LogP contribution in [0.15, 0.2) is 35.5 Å². The molecule has 2 heterocycles. The first kappa shape index (κ1) is 21.3. The average molecular weight is 423 g/mol. The van der Waals surface area contributed by atoms with Crippen LogP contribution in [-0.2, 0) is 4.79 Å². The molecule has 29 heavy (non-hydrogen) atoms. The second-order valence-electron chi connectivity index (χ2n) is 7.24. The molecule has 0 bridgehead atoms. The van der Waals surface area contributed by atoms with Crippen molar-refractivity contribution >= 4 is 29.2 Å². The van der Waals surface area contributed by atoms with Gasteiger partial charge in [-0.05, 0) is 54.5 Å². The highest BCUT2D eigenvalue weighted by Crippen LogP contribution is 2.40. The molecule has 3 N–H and O–H groups in total. The minimum atomic E-state index is -1.06.